The van der Waals surface area contributed by atoms with E-state index >= 15 is 0 Å². The number of nitrogens with zero attached hydrogens (tertiary/aromatic N) is 1. The van der Waals surface area contributed by atoms with Crippen molar-refractivity contribution in [3.8, 4) is 5.75 Å². The van der Waals surface area contributed by atoms with E-state index in [4.69, 9.17) is 27.9 Å². The van der Waals surface area contributed by atoms with E-state index in [-0.39, 0.29) is 18.0 Å². The average molecular weight is 403 g/mol. The number of carbonyl (C=O) groups is 1. The largest absolute Gasteiger partial charge is 0.496 e. The van der Waals surface area contributed by atoms with Gasteiger partial charge in [0.2, 0.25) is 5.56 Å². The number of aromatic amines is 1. The quantitative estimate of drug-likeness (QED) is 0.681. The highest BCUT2D eigenvalue weighted by molar-refractivity contribution is 6.35. The predicted octanol–water partition coefficient (Wildman–Crippen LogP) is 4.54. The van der Waals surface area contributed by atoms with Gasteiger partial charge in [-0.2, -0.15) is 0 Å². The van der Waals surface area contributed by atoms with Crippen LogP contribution in [-0.2, 0) is 6.54 Å². The summed E-state index contributed by atoms with van der Waals surface area (Å²) in [6, 6.07) is 15.1. The molecule has 5 nitrogen and oxygen atoms in total. The molecule has 7 heteroatoms. The van der Waals surface area contributed by atoms with Crippen LogP contribution in [0.1, 0.15) is 15.9 Å². The van der Waals surface area contributed by atoms with Gasteiger partial charge in [-0.25, -0.2) is 0 Å². The number of rotatable bonds is 5. The molecule has 1 aromatic heterocycles. The van der Waals surface area contributed by atoms with Gasteiger partial charge in [0.1, 0.15) is 5.75 Å². The summed E-state index contributed by atoms with van der Waals surface area (Å²) in [6.45, 7) is 0.235. The molecule has 0 aliphatic heterocycles. The number of para-hydroxylation sites is 1. The van der Waals surface area contributed by atoms with Gasteiger partial charge in [0.15, 0.2) is 0 Å². The number of H-pyrrole nitrogens is 1. The van der Waals surface area contributed by atoms with Gasteiger partial charge in [-0.3, -0.25) is 9.59 Å². The first kappa shape index (κ1) is 19.0. The van der Waals surface area contributed by atoms with Gasteiger partial charge in [-0.15, -0.1) is 0 Å². The van der Waals surface area contributed by atoms with Crippen molar-refractivity contribution < 1.29 is 9.53 Å². The minimum Gasteiger partial charge on any atom is -0.496 e. The second-order valence-electron chi connectivity index (χ2n) is 5.77. The molecule has 0 spiro atoms. The molecule has 0 unspecified atom stereocenters. The summed E-state index contributed by atoms with van der Waals surface area (Å²) < 4.78 is 5.39. The molecular formula is C20H16Cl2N2O3. The first-order valence-corrected chi connectivity index (χ1v) is 8.82. The van der Waals surface area contributed by atoms with E-state index in [1.807, 2.05) is 24.3 Å². The summed E-state index contributed by atoms with van der Waals surface area (Å²) in [6.07, 6.45) is 1.38. The predicted molar refractivity (Wildman–Crippen MR) is 107 cm³/mol. The molecule has 138 valence electrons. The molecule has 0 saturated heterocycles. The van der Waals surface area contributed by atoms with E-state index in [9.17, 15) is 9.59 Å². The molecule has 0 saturated carbocycles. The number of benzene rings is 2. The lowest BCUT2D eigenvalue weighted by molar-refractivity contribution is 0.0984. The number of carbonyl (C=O) groups excluding carboxylic acids is 1. The molecule has 1 amide bonds. The maximum atomic E-state index is 13.2. The van der Waals surface area contributed by atoms with Crippen LogP contribution in [0.4, 0.5) is 5.69 Å². The molecule has 0 atom stereocenters. The van der Waals surface area contributed by atoms with Crippen LogP contribution < -0.4 is 15.2 Å². The van der Waals surface area contributed by atoms with E-state index in [0.29, 0.717) is 27.0 Å². The summed E-state index contributed by atoms with van der Waals surface area (Å²) in [5.74, 6) is 0.348. The molecule has 0 bridgehead atoms. The average Bonchev–Trinajstić information content (AvgIpc) is 2.65. The topological polar surface area (TPSA) is 62.4 Å². The normalized spacial score (nSPS) is 10.5. The summed E-state index contributed by atoms with van der Waals surface area (Å²) in [4.78, 5) is 28.5. The number of nitrogens with one attached hydrogen (secondary N) is 1. The Bertz CT molecular complexity index is 993. The Balaban J connectivity index is 2.06. The van der Waals surface area contributed by atoms with Crippen LogP contribution >= 0.6 is 23.2 Å². The molecule has 1 heterocycles. The summed E-state index contributed by atoms with van der Waals surface area (Å²) in [5.41, 5.74) is 1.40. The monoisotopic (exact) mass is 402 g/mol. The van der Waals surface area contributed by atoms with Crippen LogP contribution in [0.3, 0.4) is 0 Å². The van der Waals surface area contributed by atoms with Gasteiger partial charge >= 0.3 is 0 Å². The molecule has 27 heavy (non-hydrogen) atoms. The highest BCUT2D eigenvalue weighted by atomic mass is 35.5. The molecule has 2 aromatic carbocycles. The van der Waals surface area contributed by atoms with E-state index in [1.54, 1.807) is 25.3 Å². The first-order chi connectivity index (χ1) is 13.0. The van der Waals surface area contributed by atoms with Crippen LogP contribution in [0, 0.1) is 0 Å². The van der Waals surface area contributed by atoms with Crippen molar-refractivity contribution in [2.24, 2.45) is 0 Å². The fourth-order valence-corrected chi connectivity index (χ4v) is 3.19. The highest BCUT2D eigenvalue weighted by Crippen LogP contribution is 2.29. The van der Waals surface area contributed by atoms with Crippen LogP contribution in [0.5, 0.6) is 5.75 Å². The smallest absolute Gasteiger partial charge is 0.260 e. The zero-order chi connectivity index (χ0) is 19.4. The van der Waals surface area contributed by atoms with Crippen LogP contribution in [0.25, 0.3) is 0 Å². The van der Waals surface area contributed by atoms with Gasteiger partial charge in [-0.05, 0) is 30.3 Å². The molecule has 3 aromatic rings. The third-order valence-electron chi connectivity index (χ3n) is 3.96. The SMILES string of the molecule is COc1ccccc1CN(C(=O)c1ccc(=O)[nH]c1)c1cc(Cl)cc(Cl)c1. The molecule has 1 N–H and O–H groups in total. The summed E-state index contributed by atoms with van der Waals surface area (Å²) in [5, 5.41) is 0.827. The molecule has 0 fully saturated rings. The highest BCUT2D eigenvalue weighted by Gasteiger charge is 2.21. The van der Waals surface area contributed by atoms with Gasteiger partial charge in [0, 0.05) is 33.6 Å². The number of pyridine rings is 1. The first-order valence-electron chi connectivity index (χ1n) is 8.06. The second kappa shape index (κ2) is 8.29. The lowest BCUT2D eigenvalue weighted by atomic mass is 10.1. The minimum absolute atomic E-state index is 0.235. The molecule has 0 aliphatic rings. The maximum Gasteiger partial charge on any atom is 0.260 e. The van der Waals surface area contributed by atoms with E-state index in [1.165, 1.54) is 23.2 Å². The molecule has 0 aliphatic carbocycles. The number of hydrogen-bond acceptors (Lipinski definition) is 3. The number of methoxy groups -OCH3 is 1. The van der Waals surface area contributed by atoms with Crippen LogP contribution in [-0.4, -0.2) is 18.0 Å². The zero-order valence-electron chi connectivity index (χ0n) is 14.4. The Hall–Kier alpha value is -2.76. The number of ether oxygens (including phenoxy) is 1. The number of aromatic nitrogens is 1. The number of amides is 1. The fraction of sp³-hybridized carbons (Fsp3) is 0.100. The van der Waals surface area contributed by atoms with Crippen molar-refractivity contribution in [1.29, 1.82) is 0 Å². The third-order valence-corrected chi connectivity index (χ3v) is 4.39. The van der Waals surface area contributed by atoms with Gasteiger partial charge in [0.05, 0.1) is 19.2 Å². The van der Waals surface area contributed by atoms with Crippen LogP contribution in [0.2, 0.25) is 10.0 Å². The fourth-order valence-electron chi connectivity index (χ4n) is 2.68. The van der Waals surface area contributed by atoms with E-state index in [2.05, 4.69) is 4.98 Å². The molecule has 3 rings (SSSR count). The number of halogens is 2. The van der Waals surface area contributed by atoms with Gasteiger partial charge < -0.3 is 14.6 Å². The maximum absolute atomic E-state index is 13.2. The Morgan fingerprint density at radius 1 is 1.07 bits per heavy atom. The van der Waals surface area contributed by atoms with Crippen molar-refractivity contribution >= 4 is 34.8 Å². The second-order valence-corrected chi connectivity index (χ2v) is 6.65. The molecular weight excluding hydrogens is 387 g/mol. The number of anilines is 1. The Morgan fingerprint density at radius 3 is 2.41 bits per heavy atom. The Morgan fingerprint density at radius 2 is 1.78 bits per heavy atom. The van der Waals surface area contributed by atoms with Crippen molar-refractivity contribution in [2.75, 3.05) is 12.0 Å². The van der Waals surface area contributed by atoms with Gasteiger partial charge in [-0.1, -0.05) is 41.4 Å². The Kier molecular flexibility index (Phi) is 5.84. The summed E-state index contributed by atoms with van der Waals surface area (Å²) >= 11 is 12.3. The van der Waals surface area contributed by atoms with Crippen molar-refractivity contribution in [3.05, 3.63) is 92.3 Å². The van der Waals surface area contributed by atoms with Crippen molar-refractivity contribution in [2.45, 2.75) is 6.54 Å². The van der Waals surface area contributed by atoms with Gasteiger partial charge in [0.25, 0.3) is 5.91 Å². The van der Waals surface area contributed by atoms with Crippen LogP contribution in [0.15, 0.2) is 65.6 Å². The number of hydrogen-bond donors (Lipinski definition) is 1. The molecule has 0 radical (unpaired) electrons. The lowest BCUT2D eigenvalue weighted by Gasteiger charge is -2.24. The lowest BCUT2D eigenvalue weighted by Crippen LogP contribution is -2.31. The Labute approximate surface area is 166 Å². The van der Waals surface area contributed by atoms with E-state index < -0.39 is 0 Å². The van der Waals surface area contributed by atoms with E-state index in [0.717, 1.165) is 5.56 Å². The standard InChI is InChI=1S/C20H16Cl2N2O3/c1-27-18-5-3-2-4-14(18)12-24(17-9-15(21)8-16(22)10-17)20(26)13-6-7-19(25)23-11-13/h2-11H,12H2,1H3,(H,23,25). The summed E-state index contributed by atoms with van der Waals surface area (Å²) in [7, 11) is 1.57. The third kappa shape index (κ3) is 4.51. The van der Waals surface area contributed by atoms with Crippen molar-refractivity contribution in [1.82, 2.24) is 4.98 Å². The zero-order valence-corrected chi connectivity index (χ0v) is 15.9. The minimum atomic E-state index is -0.310. The van der Waals surface area contributed by atoms with Crippen molar-refractivity contribution in [3.63, 3.8) is 0 Å².